The zero-order valence-electron chi connectivity index (χ0n) is 14.9. The van der Waals surface area contributed by atoms with Crippen LogP contribution in [-0.4, -0.2) is 25.6 Å². The van der Waals surface area contributed by atoms with E-state index in [1.807, 2.05) is 24.3 Å². The van der Waals surface area contributed by atoms with Crippen LogP contribution in [-0.2, 0) is 4.79 Å². The Labute approximate surface area is 141 Å². The average molecular weight is 320 g/mol. The number of ether oxygens (including phenoxy) is 1. The topological polar surface area (TPSA) is 50.4 Å². The SMILES string of the molecule is CCCCCCCNCC(=O)Nc1cccc(OCC(C)C)c1. The lowest BCUT2D eigenvalue weighted by Gasteiger charge is -2.11. The fraction of sp³-hybridized carbons (Fsp3) is 0.632. The molecular weight excluding hydrogens is 288 g/mol. The number of nitrogens with one attached hydrogen (secondary N) is 2. The van der Waals surface area contributed by atoms with Gasteiger partial charge in [-0.2, -0.15) is 0 Å². The summed E-state index contributed by atoms with van der Waals surface area (Å²) in [6, 6.07) is 7.55. The predicted molar refractivity (Wildman–Crippen MR) is 97.0 cm³/mol. The second-order valence-electron chi connectivity index (χ2n) is 6.37. The van der Waals surface area contributed by atoms with Gasteiger partial charge >= 0.3 is 0 Å². The number of anilines is 1. The van der Waals surface area contributed by atoms with Gasteiger partial charge in [0.05, 0.1) is 13.2 Å². The first-order valence-corrected chi connectivity index (χ1v) is 8.85. The maximum atomic E-state index is 11.9. The Bertz CT molecular complexity index is 447. The van der Waals surface area contributed by atoms with E-state index >= 15 is 0 Å². The van der Waals surface area contributed by atoms with E-state index in [0.29, 0.717) is 19.1 Å². The number of carbonyl (C=O) groups excluding carboxylic acids is 1. The van der Waals surface area contributed by atoms with Crippen molar-refractivity contribution in [1.82, 2.24) is 5.32 Å². The minimum absolute atomic E-state index is 0.0143. The fourth-order valence-electron chi connectivity index (χ4n) is 2.19. The van der Waals surface area contributed by atoms with Gasteiger partial charge in [0.1, 0.15) is 5.75 Å². The minimum Gasteiger partial charge on any atom is -0.493 e. The van der Waals surface area contributed by atoms with Gasteiger partial charge in [-0.05, 0) is 31.0 Å². The van der Waals surface area contributed by atoms with Crippen molar-refractivity contribution in [3.63, 3.8) is 0 Å². The van der Waals surface area contributed by atoms with Crippen LogP contribution in [0.2, 0.25) is 0 Å². The normalized spacial score (nSPS) is 10.8. The maximum absolute atomic E-state index is 11.9. The van der Waals surface area contributed by atoms with Crippen LogP contribution in [0.4, 0.5) is 5.69 Å². The summed E-state index contributed by atoms with van der Waals surface area (Å²) in [6.45, 7) is 8.36. The molecule has 0 fully saturated rings. The van der Waals surface area contributed by atoms with Gasteiger partial charge < -0.3 is 15.4 Å². The molecule has 0 saturated carbocycles. The first kappa shape index (κ1) is 19.5. The standard InChI is InChI=1S/C19H32N2O2/c1-4-5-6-7-8-12-20-14-19(22)21-17-10-9-11-18(13-17)23-15-16(2)3/h9-11,13,16,20H,4-8,12,14-15H2,1-3H3,(H,21,22). The molecule has 0 saturated heterocycles. The second-order valence-corrected chi connectivity index (χ2v) is 6.37. The summed E-state index contributed by atoms with van der Waals surface area (Å²) in [5, 5.41) is 6.09. The number of unbranched alkanes of at least 4 members (excludes halogenated alkanes) is 4. The monoisotopic (exact) mass is 320 g/mol. The van der Waals surface area contributed by atoms with Crippen molar-refractivity contribution < 1.29 is 9.53 Å². The number of benzene rings is 1. The molecule has 0 radical (unpaired) electrons. The smallest absolute Gasteiger partial charge is 0.238 e. The van der Waals surface area contributed by atoms with E-state index < -0.39 is 0 Å². The summed E-state index contributed by atoms with van der Waals surface area (Å²) in [6.07, 6.45) is 6.21. The van der Waals surface area contributed by atoms with Gasteiger partial charge in [0.25, 0.3) is 0 Å². The molecule has 0 unspecified atom stereocenters. The highest BCUT2D eigenvalue weighted by Crippen LogP contribution is 2.17. The predicted octanol–water partition coefficient (Wildman–Crippen LogP) is 4.22. The molecule has 130 valence electrons. The molecule has 2 N–H and O–H groups in total. The highest BCUT2D eigenvalue weighted by molar-refractivity contribution is 5.92. The van der Waals surface area contributed by atoms with Crippen molar-refractivity contribution in [1.29, 1.82) is 0 Å². The van der Waals surface area contributed by atoms with E-state index in [1.54, 1.807) is 0 Å². The van der Waals surface area contributed by atoms with Gasteiger partial charge in [-0.15, -0.1) is 0 Å². The van der Waals surface area contributed by atoms with Crippen LogP contribution in [0.25, 0.3) is 0 Å². The number of hydrogen-bond acceptors (Lipinski definition) is 3. The van der Waals surface area contributed by atoms with Gasteiger partial charge in [0.2, 0.25) is 5.91 Å². The van der Waals surface area contributed by atoms with E-state index in [2.05, 4.69) is 31.4 Å². The summed E-state index contributed by atoms with van der Waals surface area (Å²) < 4.78 is 5.67. The Morgan fingerprint density at radius 2 is 1.96 bits per heavy atom. The highest BCUT2D eigenvalue weighted by atomic mass is 16.5. The molecule has 4 heteroatoms. The number of amides is 1. The molecule has 0 spiro atoms. The molecule has 1 aromatic carbocycles. The van der Waals surface area contributed by atoms with Crippen molar-refractivity contribution in [2.24, 2.45) is 5.92 Å². The summed E-state index contributed by atoms with van der Waals surface area (Å²) in [7, 11) is 0. The van der Waals surface area contributed by atoms with E-state index in [9.17, 15) is 4.79 Å². The lowest BCUT2D eigenvalue weighted by atomic mass is 10.1. The molecule has 1 aromatic rings. The van der Waals surface area contributed by atoms with Crippen molar-refractivity contribution in [2.75, 3.05) is 25.0 Å². The largest absolute Gasteiger partial charge is 0.493 e. The van der Waals surface area contributed by atoms with E-state index in [-0.39, 0.29) is 5.91 Å². The third-order valence-corrected chi connectivity index (χ3v) is 3.44. The molecule has 0 bridgehead atoms. The Balaban J connectivity index is 2.22. The Kier molecular flexibility index (Phi) is 10.1. The molecule has 4 nitrogen and oxygen atoms in total. The molecule has 0 atom stereocenters. The van der Waals surface area contributed by atoms with Crippen LogP contribution < -0.4 is 15.4 Å². The van der Waals surface area contributed by atoms with E-state index in [1.165, 1.54) is 25.7 Å². The second kappa shape index (κ2) is 11.9. The van der Waals surface area contributed by atoms with Crippen LogP contribution >= 0.6 is 0 Å². The molecule has 0 aliphatic carbocycles. The molecule has 1 amide bonds. The lowest BCUT2D eigenvalue weighted by Crippen LogP contribution is -2.28. The molecule has 0 aliphatic rings. The molecule has 0 aromatic heterocycles. The number of hydrogen-bond donors (Lipinski definition) is 2. The van der Waals surface area contributed by atoms with Crippen LogP contribution in [0.5, 0.6) is 5.75 Å². The number of carbonyl (C=O) groups is 1. The van der Waals surface area contributed by atoms with Crippen LogP contribution in [0.15, 0.2) is 24.3 Å². The molecular formula is C19H32N2O2. The van der Waals surface area contributed by atoms with Gasteiger partial charge in [-0.25, -0.2) is 0 Å². The van der Waals surface area contributed by atoms with Gasteiger partial charge in [0.15, 0.2) is 0 Å². The molecule has 0 heterocycles. The van der Waals surface area contributed by atoms with Gasteiger partial charge in [-0.3, -0.25) is 4.79 Å². The first-order chi connectivity index (χ1) is 11.1. The summed E-state index contributed by atoms with van der Waals surface area (Å²) in [4.78, 5) is 11.9. The first-order valence-electron chi connectivity index (χ1n) is 8.85. The summed E-state index contributed by atoms with van der Waals surface area (Å²) >= 11 is 0. The molecule has 23 heavy (non-hydrogen) atoms. The quantitative estimate of drug-likeness (QED) is 0.567. The van der Waals surface area contributed by atoms with Gasteiger partial charge in [0, 0.05) is 11.8 Å². The molecule has 0 aliphatic heterocycles. The van der Waals surface area contributed by atoms with Crippen LogP contribution in [0.1, 0.15) is 52.9 Å². The Hall–Kier alpha value is -1.55. The van der Waals surface area contributed by atoms with Crippen LogP contribution in [0.3, 0.4) is 0 Å². The summed E-state index contributed by atoms with van der Waals surface area (Å²) in [5.74, 6) is 1.26. The fourth-order valence-corrected chi connectivity index (χ4v) is 2.19. The van der Waals surface area contributed by atoms with E-state index in [4.69, 9.17) is 4.74 Å². The zero-order valence-corrected chi connectivity index (χ0v) is 14.9. The van der Waals surface area contributed by atoms with Crippen molar-refractivity contribution in [2.45, 2.75) is 52.9 Å². The Morgan fingerprint density at radius 1 is 1.17 bits per heavy atom. The summed E-state index contributed by atoms with van der Waals surface area (Å²) in [5.41, 5.74) is 0.779. The van der Waals surface area contributed by atoms with Crippen molar-refractivity contribution in [3.8, 4) is 5.75 Å². The van der Waals surface area contributed by atoms with Crippen molar-refractivity contribution >= 4 is 11.6 Å². The molecule has 1 rings (SSSR count). The minimum atomic E-state index is -0.0143. The third kappa shape index (κ3) is 9.95. The van der Waals surface area contributed by atoms with E-state index in [0.717, 1.165) is 24.4 Å². The van der Waals surface area contributed by atoms with Gasteiger partial charge in [-0.1, -0.05) is 52.5 Å². The lowest BCUT2D eigenvalue weighted by molar-refractivity contribution is -0.115. The zero-order chi connectivity index (χ0) is 16.9. The Morgan fingerprint density at radius 3 is 2.70 bits per heavy atom. The highest BCUT2D eigenvalue weighted by Gasteiger charge is 2.03. The maximum Gasteiger partial charge on any atom is 0.238 e. The number of rotatable bonds is 12. The average Bonchev–Trinajstić information content (AvgIpc) is 2.52. The van der Waals surface area contributed by atoms with Crippen molar-refractivity contribution in [3.05, 3.63) is 24.3 Å². The van der Waals surface area contributed by atoms with Crippen LogP contribution in [0, 0.1) is 5.92 Å². The third-order valence-electron chi connectivity index (χ3n) is 3.44.